The van der Waals surface area contributed by atoms with Crippen LogP contribution in [0, 0.1) is 40.4 Å². The first-order valence-electron chi connectivity index (χ1n) is 13.6. The van der Waals surface area contributed by atoms with Gasteiger partial charge in [0.25, 0.3) is 0 Å². The number of rotatable bonds is 8. The molecule has 186 valence electrons. The van der Waals surface area contributed by atoms with Crippen LogP contribution in [-0.4, -0.2) is 24.5 Å². The molecule has 1 heterocycles. The summed E-state index contributed by atoms with van der Waals surface area (Å²) in [6.45, 7) is 13.6. The fraction of sp³-hybridized carbons (Fsp3) is 0.862. The van der Waals surface area contributed by atoms with Crippen molar-refractivity contribution in [3.63, 3.8) is 0 Å². The summed E-state index contributed by atoms with van der Waals surface area (Å²) in [6, 6.07) is 0. The fourth-order valence-corrected chi connectivity index (χ4v) is 8.03. The van der Waals surface area contributed by atoms with Gasteiger partial charge in [0.2, 0.25) is 0 Å². The van der Waals surface area contributed by atoms with Gasteiger partial charge in [-0.15, -0.1) is 0 Å². The Morgan fingerprint density at radius 1 is 1.09 bits per heavy atom. The molecule has 0 unspecified atom stereocenters. The molecule has 0 aromatic carbocycles. The van der Waals surface area contributed by atoms with Crippen LogP contribution >= 0.6 is 0 Å². The van der Waals surface area contributed by atoms with E-state index in [9.17, 15) is 9.59 Å². The summed E-state index contributed by atoms with van der Waals surface area (Å²) in [4.78, 5) is 24.7. The Labute approximate surface area is 201 Å². The zero-order valence-corrected chi connectivity index (χ0v) is 21.9. The average Bonchev–Trinajstić information content (AvgIpc) is 3.10. The van der Waals surface area contributed by atoms with Crippen LogP contribution < -0.4 is 0 Å². The van der Waals surface area contributed by atoms with Gasteiger partial charge in [-0.3, -0.25) is 9.59 Å². The van der Waals surface area contributed by atoms with E-state index in [1.54, 1.807) is 6.92 Å². The van der Waals surface area contributed by atoms with E-state index in [0.717, 1.165) is 49.2 Å². The molecular weight excluding hydrogens is 412 g/mol. The van der Waals surface area contributed by atoms with Gasteiger partial charge >= 0.3 is 5.97 Å². The normalized spacial score (nSPS) is 39.1. The first-order chi connectivity index (χ1) is 15.6. The van der Waals surface area contributed by atoms with Crippen molar-refractivity contribution in [1.82, 2.24) is 0 Å². The molecule has 0 aromatic rings. The molecule has 4 heteroatoms. The highest BCUT2D eigenvalue weighted by Crippen LogP contribution is 2.65. The maximum Gasteiger partial charge on any atom is 0.315 e. The summed E-state index contributed by atoms with van der Waals surface area (Å²) in [5, 5.41) is 0. The number of esters is 1. The van der Waals surface area contributed by atoms with Crippen LogP contribution in [0.5, 0.6) is 0 Å². The molecule has 0 bridgehead atoms. The predicted molar refractivity (Wildman–Crippen MR) is 130 cm³/mol. The number of carbonyl (C=O) groups excluding carboxylic acids is 2. The summed E-state index contributed by atoms with van der Waals surface area (Å²) in [6.07, 6.45) is 11.2. The second kappa shape index (κ2) is 9.47. The highest BCUT2D eigenvalue weighted by Gasteiger charge is 2.59. The Morgan fingerprint density at radius 2 is 1.85 bits per heavy atom. The second-order valence-electron chi connectivity index (χ2n) is 12.7. The van der Waals surface area contributed by atoms with E-state index in [2.05, 4.69) is 34.6 Å². The monoisotopic (exact) mass is 458 g/mol. The van der Waals surface area contributed by atoms with Gasteiger partial charge < -0.3 is 9.47 Å². The third-order valence-corrected chi connectivity index (χ3v) is 10.0. The standard InChI is InChI=1S/C29H46O4/c1-18(2)8-7-9-19(3)22-10-11-23-26-24(13-15-28(22,23)5)29(6)14-12-21(32-17-20(4)30)16-25(29)27(31)33-26/h18-19,21-23,25H,7-17H2,1-6H3/t19-,21+,22-,23+,25-,28-,29-/m1/s1. The van der Waals surface area contributed by atoms with Gasteiger partial charge in [0.15, 0.2) is 5.78 Å². The molecule has 0 radical (unpaired) electrons. The quantitative estimate of drug-likeness (QED) is 0.373. The number of hydrogen-bond donors (Lipinski definition) is 0. The Bertz CT molecular complexity index is 797. The van der Waals surface area contributed by atoms with Gasteiger partial charge in [0.1, 0.15) is 12.4 Å². The molecule has 0 saturated heterocycles. The molecular formula is C29H46O4. The van der Waals surface area contributed by atoms with E-state index in [4.69, 9.17) is 9.47 Å². The summed E-state index contributed by atoms with van der Waals surface area (Å²) in [5.74, 6) is 3.55. The fourth-order valence-electron chi connectivity index (χ4n) is 8.03. The number of fused-ring (bicyclic) bond motifs is 4. The molecule has 3 aliphatic carbocycles. The Balaban J connectivity index is 1.51. The summed E-state index contributed by atoms with van der Waals surface area (Å²) < 4.78 is 12.1. The molecule has 7 atom stereocenters. The van der Waals surface area contributed by atoms with Crippen molar-refractivity contribution in [3.8, 4) is 0 Å². The van der Waals surface area contributed by atoms with Gasteiger partial charge in [-0.25, -0.2) is 0 Å². The van der Waals surface area contributed by atoms with Crippen molar-refractivity contribution in [2.24, 2.45) is 40.4 Å². The minimum Gasteiger partial charge on any atom is -0.431 e. The van der Waals surface area contributed by atoms with Gasteiger partial charge in [-0.05, 0) is 80.6 Å². The second-order valence-corrected chi connectivity index (χ2v) is 12.7. The lowest BCUT2D eigenvalue weighted by molar-refractivity contribution is -0.160. The first kappa shape index (κ1) is 24.9. The molecule has 4 nitrogen and oxygen atoms in total. The van der Waals surface area contributed by atoms with Crippen molar-refractivity contribution in [3.05, 3.63) is 11.3 Å². The Kier molecular flexibility index (Phi) is 7.16. The minimum absolute atomic E-state index is 0.0157. The van der Waals surface area contributed by atoms with Gasteiger partial charge in [0.05, 0.1) is 12.0 Å². The first-order valence-corrected chi connectivity index (χ1v) is 13.6. The van der Waals surface area contributed by atoms with Crippen LogP contribution in [0.3, 0.4) is 0 Å². The maximum atomic E-state index is 13.3. The van der Waals surface area contributed by atoms with Gasteiger partial charge in [0, 0.05) is 11.3 Å². The van der Waals surface area contributed by atoms with Crippen molar-refractivity contribution >= 4 is 11.8 Å². The smallest absolute Gasteiger partial charge is 0.315 e. The lowest BCUT2D eigenvalue weighted by Gasteiger charge is -2.53. The van der Waals surface area contributed by atoms with Crippen molar-refractivity contribution in [2.75, 3.05) is 6.61 Å². The van der Waals surface area contributed by atoms with E-state index >= 15 is 0 Å². The molecule has 0 amide bonds. The van der Waals surface area contributed by atoms with Crippen LogP contribution in [0.1, 0.15) is 106 Å². The van der Waals surface area contributed by atoms with Crippen LogP contribution in [0.2, 0.25) is 0 Å². The molecule has 4 aliphatic rings. The largest absolute Gasteiger partial charge is 0.431 e. The summed E-state index contributed by atoms with van der Waals surface area (Å²) in [5.41, 5.74) is 1.58. The van der Waals surface area contributed by atoms with E-state index in [1.165, 1.54) is 37.7 Å². The molecule has 1 aliphatic heterocycles. The van der Waals surface area contributed by atoms with Crippen LogP contribution in [-0.2, 0) is 19.1 Å². The van der Waals surface area contributed by atoms with Crippen molar-refractivity contribution in [1.29, 1.82) is 0 Å². The highest BCUT2D eigenvalue weighted by atomic mass is 16.5. The van der Waals surface area contributed by atoms with Crippen molar-refractivity contribution in [2.45, 2.75) is 112 Å². The van der Waals surface area contributed by atoms with E-state index in [-0.39, 0.29) is 41.2 Å². The molecule has 0 N–H and O–H groups in total. The highest BCUT2D eigenvalue weighted by molar-refractivity contribution is 5.78. The lowest BCUT2D eigenvalue weighted by Crippen LogP contribution is -2.50. The summed E-state index contributed by atoms with van der Waals surface area (Å²) >= 11 is 0. The molecule has 2 fully saturated rings. The summed E-state index contributed by atoms with van der Waals surface area (Å²) in [7, 11) is 0. The number of ether oxygens (including phenoxy) is 2. The Hall–Kier alpha value is -1.16. The molecule has 0 spiro atoms. The van der Waals surface area contributed by atoms with Crippen LogP contribution in [0.15, 0.2) is 11.3 Å². The number of Topliss-reactive ketones (excluding diaryl/α,β-unsaturated/α-hetero) is 1. The molecule has 4 rings (SSSR count). The molecule has 2 saturated carbocycles. The van der Waals surface area contributed by atoms with Crippen LogP contribution in [0.4, 0.5) is 0 Å². The number of hydrogen-bond acceptors (Lipinski definition) is 4. The molecule has 33 heavy (non-hydrogen) atoms. The average molecular weight is 459 g/mol. The SMILES string of the molecule is CC(=O)CO[C@H]1CC[C@]2(C)C3=C(OC(=O)[C@H]2C1)[C@@H]1CC[C@H]([C@H](C)CCCC(C)C)[C@@]1(C)CC3. The topological polar surface area (TPSA) is 52.6 Å². The van der Waals surface area contributed by atoms with Crippen molar-refractivity contribution < 1.29 is 19.1 Å². The third-order valence-electron chi connectivity index (χ3n) is 10.0. The third kappa shape index (κ3) is 4.58. The lowest BCUT2D eigenvalue weighted by atomic mass is 9.54. The number of ketones is 1. The van der Waals surface area contributed by atoms with Gasteiger partial charge in [-0.2, -0.15) is 0 Å². The van der Waals surface area contributed by atoms with E-state index in [1.807, 2.05) is 0 Å². The predicted octanol–water partition coefficient (Wildman–Crippen LogP) is 6.87. The van der Waals surface area contributed by atoms with Crippen LogP contribution in [0.25, 0.3) is 0 Å². The number of carbonyl (C=O) groups is 2. The van der Waals surface area contributed by atoms with E-state index in [0.29, 0.717) is 12.3 Å². The molecule has 0 aromatic heterocycles. The van der Waals surface area contributed by atoms with Gasteiger partial charge in [-0.1, -0.05) is 53.9 Å². The minimum atomic E-state index is -0.140. The Morgan fingerprint density at radius 3 is 2.55 bits per heavy atom. The number of allylic oxidation sites excluding steroid dienone is 2. The zero-order valence-electron chi connectivity index (χ0n) is 21.9. The van der Waals surface area contributed by atoms with E-state index < -0.39 is 0 Å². The maximum absolute atomic E-state index is 13.3. The zero-order chi connectivity index (χ0) is 24.0.